The minimum atomic E-state index is -3.66. The maximum absolute atomic E-state index is 13.0. The zero-order valence-electron chi connectivity index (χ0n) is 13.3. The third-order valence-electron chi connectivity index (χ3n) is 4.80. The van der Waals surface area contributed by atoms with E-state index in [0.29, 0.717) is 5.02 Å². The molecule has 6 heteroatoms. The molecule has 3 rings (SSSR count). The van der Waals surface area contributed by atoms with Crippen molar-refractivity contribution in [2.45, 2.75) is 34.9 Å². The second kappa shape index (κ2) is 6.15. The SMILES string of the molecule is CCc1ccc([C@@H]2[C@@H](S(=O)(=O)c3ccc(Cl)cc3)[C@@]2(N)CO)cc1. The van der Waals surface area contributed by atoms with Crippen molar-refractivity contribution in [3.63, 3.8) is 0 Å². The van der Waals surface area contributed by atoms with Crippen molar-refractivity contribution in [3.8, 4) is 0 Å². The van der Waals surface area contributed by atoms with Crippen LogP contribution in [0.3, 0.4) is 0 Å². The van der Waals surface area contributed by atoms with Crippen molar-refractivity contribution in [3.05, 3.63) is 64.7 Å². The van der Waals surface area contributed by atoms with Gasteiger partial charge in [-0.05, 0) is 41.8 Å². The van der Waals surface area contributed by atoms with E-state index in [1.807, 2.05) is 24.3 Å². The van der Waals surface area contributed by atoms with E-state index in [9.17, 15) is 13.5 Å². The summed E-state index contributed by atoms with van der Waals surface area (Å²) in [6, 6.07) is 13.8. The Hall–Kier alpha value is -1.40. The van der Waals surface area contributed by atoms with Gasteiger partial charge in [0.15, 0.2) is 9.84 Å². The Morgan fingerprint density at radius 1 is 1.12 bits per heavy atom. The van der Waals surface area contributed by atoms with Gasteiger partial charge in [0.1, 0.15) is 0 Å². The quantitative estimate of drug-likeness (QED) is 0.853. The van der Waals surface area contributed by atoms with Gasteiger partial charge in [-0.25, -0.2) is 8.42 Å². The first kappa shape index (κ1) is 17.4. The summed E-state index contributed by atoms with van der Waals surface area (Å²) in [5.41, 5.74) is 7.08. The molecule has 0 radical (unpaired) electrons. The van der Waals surface area contributed by atoms with Crippen molar-refractivity contribution in [2.75, 3.05) is 6.61 Å². The fourth-order valence-corrected chi connectivity index (χ4v) is 5.72. The van der Waals surface area contributed by atoms with E-state index in [2.05, 4.69) is 6.92 Å². The van der Waals surface area contributed by atoms with Crippen LogP contribution in [0.2, 0.25) is 5.02 Å². The van der Waals surface area contributed by atoms with E-state index in [-0.39, 0.29) is 11.5 Å². The first-order valence-corrected chi connectivity index (χ1v) is 9.75. The molecule has 1 aliphatic carbocycles. The molecule has 128 valence electrons. The maximum Gasteiger partial charge on any atom is 0.183 e. The molecular weight excluding hydrogens is 346 g/mol. The average molecular weight is 366 g/mol. The minimum absolute atomic E-state index is 0.174. The van der Waals surface area contributed by atoms with Gasteiger partial charge in [0.2, 0.25) is 0 Å². The number of hydrogen-bond donors (Lipinski definition) is 2. The normalized spacial score (nSPS) is 26.3. The largest absolute Gasteiger partial charge is 0.394 e. The number of aliphatic hydroxyl groups is 1. The average Bonchev–Trinajstić information content (AvgIpc) is 3.23. The summed E-state index contributed by atoms with van der Waals surface area (Å²) in [4.78, 5) is 0.174. The zero-order valence-corrected chi connectivity index (χ0v) is 14.9. The Morgan fingerprint density at radius 2 is 1.71 bits per heavy atom. The van der Waals surface area contributed by atoms with Crippen molar-refractivity contribution < 1.29 is 13.5 Å². The van der Waals surface area contributed by atoms with Crippen LogP contribution in [0.5, 0.6) is 0 Å². The summed E-state index contributed by atoms with van der Waals surface area (Å²) in [6.45, 7) is 1.67. The lowest BCUT2D eigenvalue weighted by Crippen LogP contribution is -2.35. The highest BCUT2D eigenvalue weighted by atomic mass is 35.5. The van der Waals surface area contributed by atoms with Crippen LogP contribution < -0.4 is 5.73 Å². The molecule has 0 heterocycles. The first-order valence-electron chi connectivity index (χ1n) is 7.82. The molecule has 0 amide bonds. The van der Waals surface area contributed by atoms with Crippen LogP contribution in [0.1, 0.15) is 24.0 Å². The highest BCUT2D eigenvalue weighted by molar-refractivity contribution is 7.92. The third kappa shape index (κ3) is 2.75. The van der Waals surface area contributed by atoms with Gasteiger partial charge in [-0.3, -0.25) is 0 Å². The summed E-state index contributed by atoms with van der Waals surface area (Å²) >= 11 is 5.83. The molecule has 0 saturated heterocycles. The molecule has 3 atom stereocenters. The molecule has 3 N–H and O–H groups in total. The number of aliphatic hydroxyl groups excluding tert-OH is 1. The van der Waals surface area contributed by atoms with E-state index in [1.165, 1.54) is 17.7 Å². The van der Waals surface area contributed by atoms with Crippen molar-refractivity contribution >= 4 is 21.4 Å². The lowest BCUT2D eigenvalue weighted by atomic mass is 10.0. The fourth-order valence-electron chi connectivity index (χ4n) is 3.30. The predicted molar refractivity (Wildman–Crippen MR) is 95.0 cm³/mol. The molecule has 1 saturated carbocycles. The lowest BCUT2D eigenvalue weighted by molar-refractivity contribution is 0.253. The molecule has 0 aromatic heterocycles. The summed E-state index contributed by atoms with van der Waals surface area (Å²) in [5, 5.41) is 9.34. The van der Waals surface area contributed by atoms with Crippen LogP contribution in [0.25, 0.3) is 0 Å². The van der Waals surface area contributed by atoms with Crippen LogP contribution in [-0.2, 0) is 16.3 Å². The van der Waals surface area contributed by atoms with Crippen LogP contribution in [-0.4, -0.2) is 30.9 Å². The second-order valence-electron chi connectivity index (χ2n) is 6.26. The lowest BCUT2D eigenvalue weighted by Gasteiger charge is -2.08. The van der Waals surface area contributed by atoms with Crippen molar-refractivity contribution in [2.24, 2.45) is 5.73 Å². The molecule has 1 fully saturated rings. The Balaban J connectivity index is 1.98. The van der Waals surface area contributed by atoms with Gasteiger partial charge < -0.3 is 10.8 Å². The Bertz CT molecular complexity index is 834. The predicted octanol–water partition coefficient (Wildman–Crippen LogP) is 2.53. The van der Waals surface area contributed by atoms with Gasteiger partial charge in [-0.2, -0.15) is 0 Å². The maximum atomic E-state index is 13.0. The molecule has 1 aliphatic rings. The number of rotatable bonds is 5. The molecule has 0 spiro atoms. The number of nitrogens with two attached hydrogens (primary N) is 1. The van der Waals surface area contributed by atoms with Gasteiger partial charge in [0.25, 0.3) is 0 Å². The van der Waals surface area contributed by atoms with E-state index < -0.39 is 26.5 Å². The van der Waals surface area contributed by atoms with Crippen molar-refractivity contribution in [1.82, 2.24) is 0 Å². The molecule has 4 nitrogen and oxygen atoms in total. The van der Waals surface area contributed by atoms with Crippen LogP contribution in [0.15, 0.2) is 53.4 Å². The Kier molecular flexibility index (Phi) is 4.47. The highest BCUT2D eigenvalue weighted by Crippen LogP contribution is 2.55. The molecular formula is C18H20ClNO3S. The number of hydrogen-bond acceptors (Lipinski definition) is 4. The summed E-state index contributed by atoms with van der Waals surface area (Å²) < 4.78 is 25.9. The topological polar surface area (TPSA) is 80.4 Å². The van der Waals surface area contributed by atoms with E-state index >= 15 is 0 Å². The standard InChI is InChI=1S/C18H20ClNO3S/c1-2-12-3-5-13(6-4-12)16-17(18(16,20)11-21)24(22,23)15-9-7-14(19)8-10-15/h3-10,16-17,21H,2,11,20H2,1H3/t16-,17-,18-/m1/s1. The van der Waals surface area contributed by atoms with Crippen LogP contribution in [0, 0.1) is 0 Å². The monoisotopic (exact) mass is 365 g/mol. The van der Waals surface area contributed by atoms with Gasteiger partial charge in [0, 0.05) is 10.9 Å². The Morgan fingerprint density at radius 3 is 2.21 bits per heavy atom. The molecule has 0 bridgehead atoms. The molecule has 2 aromatic rings. The van der Waals surface area contributed by atoms with E-state index in [1.54, 1.807) is 12.1 Å². The Labute approximate surface area is 147 Å². The van der Waals surface area contributed by atoms with Crippen LogP contribution in [0.4, 0.5) is 0 Å². The van der Waals surface area contributed by atoms with E-state index in [4.69, 9.17) is 17.3 Å². The van der Waals surface area contributed by atoms with E-state index in [0.717, 1.165) is 12.0 Å². The summed E-state index contributed by atoms with van der Waals surface area (Å²) in [6.07, 6.45) is 0.908. The molecule has 2 aromatic carbocycles. The van der Waals surface area contributed by atoms with Gasteiger partial charge in [-0.1, -0.05) is 42.8 Å². The summed E-state index contributed by atoms with van der Waals surface area (Å²) in [7, 11) is -3.66. The minimum Gasteiger partial charge on any atom is -0.394 e. The van der Waals surface area contributed by atoms with Gasteiger partial charge in [0.05, 0.1) is 22.3 Å². The van der Waals surface area contributed by atoms with Crippen LogP contribution >= 0.6 is 11.6 Å². The molecule has 0 aliphatic heterocycles. The fraction of sp³-hybridized carbons (Fsp3) is 0.333. The number of benzene rings is 2. The van der Waals surface area contributed by atoms with Crippen molar-refractivity contribution in [1.29, 1.82) is 0 Å². The summed E-state index contributed by atoms with van der Waals surface area (Å²) in [5.74, 6) is -0.422. The number of halogens is 1. The number of aryl methyl sites for hydroxylation is 1. The molecule has 0 unspecified atom stereocenters. The smallest absolute Gasteiger partial charge is 0.183 e. The zero-order chi connectivity index (χ0) is 17.5. The third-order valence-corrected chi connectivity index (χ3v) is 7.36. The second-order valence-corrected chi connectivity index (χ2v) is 8.77. The van der Waals surface area contributed by atoms with Gasteiger partial charge in [-0.15, -0.1) is 0 Å². The number of sulfone groups is 1. The molecule has 24 heavy (non-hydrogen) atoms. The first-order chi connectivity index (χ1) is 11.3. The highest BCUT2D eigenvalue weighted by Gasteiger charge is 2.69. The van der Waals surface area contributed by atoms with Gasteiger partial charge >= 0.3 is 0 Å².